The van der Waals surface area contributed by atoms with Gasteiger partial charge in [-0.2, -0.15) is 13.2 Å². The van der Waals surface area contributed by atoms with Crippen LogP contribution in [-0.2, 0) is 17.5 Å². The SMILES string of the molecule is CC(N)C(C)C(=O)NCc1csc(-c2ccc(C(F)(F)F)cc2)n1.Cl. The average molecular weight is 394 g/mol. The van der Waals surface area contributed by atoms with Gasteiger partial charge < -0.3 is 11.1 Å². The quantitative estimate of drug-likeness (QED) is 0.810. The fraction of sp³-hybridized carbons (Fsp3) is 0.375. The number of benzene rings is 1. The second-order valence-electron chi connectivity index (χ2n) is 5.58. The molecule has 1 heterocycles. The molecule has 2 atom stereocenters. The van der Waals surface area contributed by atoms with Gasteiger partial charge in [0.15, 0.2) is 0 Å². The zero-order valence-electron chi connectivity index (χ0n) is 13.6. The predicted molar refractivity (Wildman–Crippen MR) is 94.5 cm³/mol. The van der Waals surface area contributed by atoms with Crippen LogP contribution in [0, 0.1) is 5.92 Å². The average Bonchev–Trinajstić information content (AvgIpc) is 3.00. The Morgan fingerprint density at radius 1 is 1.28 bits per heavy atom. The maximum absolute atomic E-state index is 12.6. The molecule has 0 spiro atoms. The van der Waals surface area contributed by atoms with Gasteiger partial charge in [-0.3, -0.25) is 4.79 Å². The van der Waals surface area contributed by atoms with Crippen LogP contribution in [0.3, 0.4) is 0 Å². The minimum atomic E-state index is -4.35. The van der Waals surface area contributed by atoms with Gasteiger partial charge in [-0.25, -0.2) is 4.98 Å². The highest BCUT2D eigenvalue weighted by Crippen LogP contribution is 2.31. The summed E-state index contributed by atoms with van der Waals surface area (Å²) in [5, 5.41) is 5.12. The highest BCUT2D eigenvalue weighted by Gasteiger charge is 2.30. The number of rotatable bonds is 5. The van der Waals surface area contributed by atoms with Gasteiger partial charge in [0.1, 0.15) is 5.01 Å². The number of hydrogen-bond acceptors (Lipinski definition) is 4. The first-order valence-electron chi connectivity index (χ1n) is 7.34. The summed E-state index contributed by atoms with van der Waals surface area (Å²) in [6.45, 7) is 3.76. The van der Waals surface area contributed by atoms with Crippen molar-refractivity contribution in [1.82, 2.24) is 10.3 Å². The van der Waals surface area contributed by atoms with Crippen molar-refractivity contribution in [2.24, 2.45) is 11.7 Å². The molecule has 0 aliphatic heterocycles. The number of carbonyl (C=O) groups is 1. The van der Waals surface area contributed by atoms with Crippen LogP contribution in [0.4, 0.5) is 13.2 Å². The number of nitrogens with two attached hydrogens (primary N) is 1. The number of hydrogen-bond donors (Lipinski definition) is 2. The van der Waals surface area contributed by atoms with Crippen LogP contribution in [0.2, 0.25) is 0 Å². The Morgan fingerprint density at radius 3 is 2.40 bits per heavy atom. The van der Waals surface area contributed by atoms with E-state index < -0.39 is 11.7 Å². The first-order chi connectivity index (χ1) is 11.2. The van der Waals surface area contributed by atoms with E-state index in [0.717, 1.165) is 12.1 Å². The minimum Gasteiger partial charge on any atom is -0.350 e. The molecule has 9 heteroatoms. The molecule has 0 fully saturated rings. The molecule has 0 aliphatic carbocycles. The van der Waals surface area contributed by atoms with Crippen molar-refractivity contribution in [3.05, 3.63) is 40.9 Å². The number of thiazole rings is 1. The van der Waals surface area contributed by atoms with Crippen LogP contribution in [0.25, 0.3) is 10.6 Å². The molecule has 0 bridgehead atoms. The molecular formula is C16H19ClF3N3OS. The van der Waals surface area contributed by atoms with Crippen LogP contribution < -0.4 is 11.1 Å². The zero-order valence-corrected chi connectivity index (χ0v) is 15.3. The molecule has 0 radical (unpaired) electrons. The molecule has 2 aromatic rings. The van der Waals surface area contributed by atoms with E-state index in [-0.39, 0.29) is 36.8 Å². The van der Waals surface area contributed by atoms with E-state index >= 15 is 0 Å². The summed E-state index contributed by atoms with van der Waals surface area (Å²) in [4.78, 5) is 16.2. The lowest BCUT2D eigenvalue weighted by atomic mass is 10.0. The maximum Gasteiger partial charge on any atom is 0.416 e. The Bertz CT molecular complexity index is 701. The van der Waals surface area contributed by atoms with E-state index in [0.29, 0.717) is 16.3 Å². The molecule has 0 saturated carbocycles. The van der Waals surface area contributed by atoms with Crippen molar-refractivity contribution >= 4 is 29.7 Å². The molecule has 0 aliphatic rings. The molecule has 1 amide bonds. The highest BCUT2D eigenvalue weighted by atomic mass is 35.5. The molecule has 4 nitrogen and oxygen atoms in total. The Kier molecular flexibility index (Phi) is 7.40. The van der Waals surface area contributed by atoms with Gasteiger partial charge in [-0.1, -0.05) is 19.1 Å². The van der Waals surface area contributed by atoms with Crippen LogP contribution in [-0.4, -0.2) is 16.9 Å². The second-order valence-corrected chi connectivity index (χ2v) is 6.44. The summed E-state index contributed by atoms with van der Waals surface area (Å²) in [6.07, 6.45) is -4.35. The van der Waals surface area contributed by atoms with Crippen LogP contribution >= 0.6 is 23.7 Å². The van der Waals surface area contributed by atoms with Crippen molar-refractivity contribution in [2.45, 2.75) is 32.6 Å². The lowest BCUT2D eigenvalue weighted by Gasteiger charge is -2.14. The van der Waals surface area contributed by atoms with Crippen LogP contribution in [0.15, 0.2) is 29.6 Å². The molecular weight excluding hydrogens is 375 g/mol. The Labute approximate surface area is 154 Å². The van der Waals surface area contributed by atoms with E-state index in [1.54, 1.807) is 19.2 Å². The molecule has 3 N–H and O–H groups in total. The van der Waals surface area contributed by atoms with E-state index in [1.165, 1.54) is 23.5 Å². The van der Waals surface area contributed by atoms with E-state index in [1.807, 2.05) is 0 Å². The molecule has 0 saturated heterocycles. The Balaban J connectivity index is 0.00000312. The topological polar surface area (TPSA) is 68.0 Å². The molecule has 25 heavy (non-hydrogen) atoms. The monoisotopic (exact) mass is 393 g/mol. The summed E-state index contributed by atoms with van der Waals surface area (Å²) >= 11 is 1.31. The van der Waals surface area contributed by atoms with Crippen molar-refractivity contribution in [1.29, 1.82) is 0 Å². The summed E-state index contributed by atoms with van der Waals surface area (Å²) in [5.74, 6) is -0.466. The number of alkyl halides is 3. The van der Waals surface area contributed by atoms with Crippen LogP contribution in [0.1, 0.15) is 25.1 Å². The standard InChI is InChI=1S/C16H18F3N3OS.ClH/c1-9(10(2)20)14(23)21-7-13-8-24-15(22-13)11-3-5-12(6-4-11)16(17,18)19;/h3-6,8-10H,7,20H2,1-2H3,(H,21,23);1H. The fourth-order valence-electron chi connectivity index (χ4n) is 1.90. The maximum atomic E-state index is 12.6. The van der Waals surface area contributed by atoms with Gasteiger partial charge in [0.2, 0.25) is 5.91 Å². The normalized spacial score (nSPS) is 13.7. The van der Waals surface area contributed by atoms with Crippen molar-refractivity contribution in [2.75, 3.05) is 0 Å². The third kappa shape index (κ3) is 5.69. The lowest BCUT2D eigenvalue weighted by Crippen LogP contribution is -2.38. The number of halogens is 4. The summed E-state index contributed by atoms with van der Waals surface area (Å²) in [7, 11) is 0. The number of carbonyl (C=O) groups excluding carboxylic acids is 1. The van der Waals surface area contributed by atoms with Crippen molar-refractivity contribution < 1.29 is 18.0 Å². The summed E-state index contributed by atoms with van der Waals surface area (Å²) in [6, 6.07) is 4.60. The molecule has 2 rings (SSSR count). The Morgan fingerprint density at radius 2 is 1.88 bits per heavy atom. The van der Waals surface area contributed by atoms with E-state index in [4.69, 9.17) is 5.73 Å². The van der Waals surface area contributed by atoms with Gasteiger partial charge >= 0.3 is 6.18 Å². The smallest absolute Gasteiger partial charge is 0.350 e. The number of nitrogens with one attached hydrogen (secondary N) is 1. The van der Waals surface area contributed by atoms with Gasteiger partial charge in [0, 0.05) is 22.9 Å². The van der Waals surface area contributed by atoms with Crippen molar-refractivity contribution in [3.63, 3.8) is 0 Å². The van der Waals surface area contributed by atoms with Gasteiger partial charge in [0.25, 0.3) is 0 Å². The third-order valence-corrected chi connectivity index (χ3v) is 4.60. The third-order valence-electron chi connectivity index (χ3n) is 3.66. The number of aromatic nitrogens is 1. The number of nitrogens with zero attached hydrogens (tertiary/aromatic N) is 1. The zero-order chi connectivity index (χ0) is 17.9. The molecule has 2 unspecified atom stereocenters. The van der Waals surface area contributed by atoms with Gasteiger partial charge in [-0.05, 0) is 19.1 Å². The fourth-order valence-corrected chi connectivity index (χ4v) is 2.73. The molecule has 1 aromatic carbocycles. The first-order valence-corrected chi connectivity index (χ1v) is 8.21. The number of amides is 1. The summed E-state index contributed by atoms with van der Waals surface area (Å²) < 4.78 is 37.7. The van der Waals surface area contributed by atoms with Gasteiger partial charge in [0.05, 0.1) is 17.8 Å². The molecule has 138 valence electrons. The predicted octanol–water partition coefficient (Wildman–Crippen LogP) is 3.85. The largest absolute Gasteiger partial charge is 0.416 e. The van der Waals surface area contributed by atoms with Crippen LogP contribution in [0.5, 0.6) is 0 Å². The highest BCUT2D eigenvalue weighted by molar-refractivity contribution is 7.13. The van der Waals surface area contributed by atoms with E-state index in [2.05, 4.69) is 10.3 Å². The van der Waals surface area contributed by atoms with Gasteiger partial charge in [-0.15, -0.1) is 23.7 Å². The first kappa shape index (κ1) is 21.4. The lowest BCUT2D eigenvalue weighted by molar-refractivity contribution is -0.137. The summed E-state index contributed by atoms with van der Waals surface area (Å²) in [5.41, 5.74) is 6.24. The molecule has 1 aromatic heterocycles. The second kappa shape index (κ2) is 8.64. The van der Waals surface area contributed by atoms with E-state index in [9.17, 15) is 18.0 Å². The van der Waals surface area contributed by atoms with Crippen molar-refractivity contribution in [3.8, 4) is 10.6 Å². The minimum absolute atomic E-state index is 0. The Hall–Kier alpha value is -1.64.